The van der Waals surface area contributed by atoms with E-state index in [1.54, 1.807) is 51.0 Å². The fraction of sp³-hybridized carbons (Fsp3) is 0.350. The first kappa shape index (κ1) is 23.8. The van der Waals surface area contributed by atoms with Gasteiger partial charge in [0.05, 0.1) is 6.54 Å². The molecule has 0 unspecified atom stereocenters. The van der Waals surface area contributed by atoms with Crippen molar-refractivity contribution in [1.82, 2.24) is 19.8 Å². The average Bonchev–Trinajstić information content (AvgIpc) is 3.02. The van der Waals surface area contributed by atoms with Crippen LogP contribution in [-0.4, -0.2) is 53.5 Å². The number of carbonyl (C=O) groups excluding carboxylic acids is 2. The van der Waals surface area contributed by atoms with Gasteiger partial charge in [-0.3, -0.25) is 19.0 Å². The van der Waals surface area contributed by atoms with Gasteiger partial charge in [-0.25, -0.2) is 4.98 Å². The van der Waals surface area contributed by atoms with Crippen molar-refractivity contribution >= 4 is 46.6 Å². The van der Waals surface area contributed by atoms with Gasteiger partial charge in [-0.05, 0) is 40.1 Å². The van der Waals surface area contributed by atoms with Crippen molar-refractivity contribution in [3.05, 3.63) is 37.7 Å². The van der Waals surface area contributed by atoms with E-state index in [1.165, 1.54) is 10.8 Å². The number of nitriles is 1. The predicted molar refractivity (Wildman–Crippen MR) is 121 cm³/mol. The first-order valence-electron chi connectivity index (χ1n) is 9.61. The Balaban J connectivity index is 2.38. The monoisotopic (exact) mass is 443 g/mol. The quantitative estimate of drug-likeness (QED) is 0.500. The average molecular weight is 444 g/mol. The molecule has 11 heteroatoms. The van der Waals surface area contributed by atoms with Gasteiger partial charge in [-0.15, -0.1) is 11.3 Å². The van der Waals surface area contributed by atoms with Crippen LogP contribution < -0.4 is 30.7 Å². The first-order valence-corrected chi connectivity index (χ1v) is 10.4. The van der Waals surface area contributed by atoms with Crippen molar-refractivity contribution in [2.75, 3.05) is 37.8 Å². The summed E-state index contributed by atoms with van der Waals surface area (Å²) in [6.45, 7) is 4.43. The van der Waals surface area contributed by atoms with Gasteiger partial charge in [0.1, 0.15) is 26.9 Å². The van der Waals surface area contributed by atoms with Crippen molar-refractivity contribution in [2.24, 2.45) is 0 Å². The van der Waals surface area contributed by atoms with Crippen molar-refractivity contribution in [3.8, 4) is 6.07 Å². The van der Waals surface area contributed by atoms with Crippen molar-refractivity contribution in [3.63, 3.8) is 0 Å². The molecule has 3 N–H and O–H groups in total. The molecule has 2 rings (SSSR count). The van der Waals surface area contributed by atoms with E-state index in [-0.39, 0.29) is 23.6 Å². The van der Waals surface area contributed by atoms with E-state index in [1.807, 2.05) is 6.07 Å². The first-order chi connectivity index (χ1) is 14.8. The standard InChI is InChI=1S/C20H25N7O3S/c1-5-22-18(29)13(10-21)20-27(6-2)19(30)14(31-20)11-23-15-8-7-9-16(24-15)25-17(28)12-26(3)4/h7-9,11H,5-6,12H2,1-4H3,(H,22,29)(H2,23,24,25,28). The number of thiazole rings is 1. The van der Waals surface area contributed by atoms with Gasteiger partial charge >= 0.3 is 0 Å². The van der Waals surface area contributed by atoms with Crippen LogP contribution in [0, 0.1) is 11.3 Å². The number of hydrogen-bond acceptors (Lipinski definition) is 8. The molecular weight excluding hydrogens is 418 g/mol. The lowest BCUT2D eigenvalue weighted by molar-refractivity contribution is -0.117. The molecule has 0 atom stereocenters. The van der Waals surface area contributed by atoms with Crippen molar-refractivity contribution in [2.45, 2.75) is 20.4 Å². The van der Waals surface area contributed by atoms with Crippen LogP contribution in [0.25, 0.3) is 11.8 Å². The van der Waals surface area contributed by atoms with Crippen molar-refractivity contribution < 1.29 is 9.59 Å². The van der Waals surface area contributed by atoms with Gasteiger partial charge in [0.25, 0.3) is 11.5 Å². The van der Waals surface area contributed by atoms with E-state index >= 15 is 0 Å². The summed E-state index contributed by atoms with van der Waals surface area (Å²) in [5, 5.41) is 17.7. The summed E-state index contributed by atoms with van der Waals surface area (Å²) in [4.78, 5) is 42.8. The van der Waals surface area contributed by atoms with Crippen LogP contribution in [0.5, 0.6) is 0 Å². The Morgan fingerprint density at radius 2 is 2.00 bits per heavy atom. The smallest absolute Gasteiger partial charge is 0.270 e. The van der Waals surface area contributed by atoms with E-state index in [2.05, 4.69) is 20.9 Å². The zero-order chi connectivity index (χ0) is 23.0. The molecule has 0 bridgehead atoms. The third-order valence-electron chi connectivity index (χ3n) is 3.94. The van der Waals surface area contributed by atoms with Crippen molar-refractivity contribution in [1.29, 1.82) is 5.26 Å². The van der Waals surface area contributed by atoms with Gasteiger partial charge in [0, 0.05) is 19.3 Å². The largest absolute Gasteiger partial charge is 0.352 e. The van der Waals surface area contributed by atoms with E-state index in [0.29, 0.717) is 33.9 Å². The molecule has 164 valence electrons. The highest BCUT2D eigenvalue weighted by molar-refractivity contribution is 7.07. The second kappa shape index (κ2) is 11.1. The van der Waals surface area contributed by atoms with Crippen LogP contribution in [0.4, 0.5) is 11.6 Å². The molecule has 0 saturated carbocycles. The van der Waals surface area contributed by atoms with Crippen LogP contribution in [-0.2, 0) is 16.1 Å². The lowest BCUT2D eigenvalue weighted by atomic mass is 10.3. The molecule has 2 aromatic rings. The van der Waals surface area contributed by atoms with Gasteiger partial charge in [-0.1, -0.05) is 6.07 Å². The highest BCUT2D eigenvalue weighted by Gasteiger charge is 2.14. The Bertz CT molecular complexity index is 1170. The highest BCUT2D eigenvalue weighted by Crippen LogP contribution is 2.09. The molecule has 2 heterocycles. The van der Waals surface area contributed by atoms with E-state index < -0.39 is 5.91 Å². The number of anilines is 2. The topological polar surface area (TPSA) is 132 Å². The number of rotatable bonds is 8. The third kappa shape index (κ3) is 6.24. The molecule has 31 heavy (non-hydrogen) atoms. The van der Waals surface area contributed by atoms with E-state index in [9.17, 15) is 19.6 Å². The number of likely N-dealkylation sites (N-methyl/N-ethyl adjacent to an activating group) is 1. The summed E-state index contributed by atoms with van der Waals surface area (Å²) in [5.41, 5.74) is -0.420. The summed E-state index contributed by atoms with van der Waals surface area (Å²) >= 11 is 1.05. The maximum absolute atomic E-state index is 12.7. The van der Waals surface area contributed by atoms with Crippen LogP contribution >= 0.6 is 11.3 Å². The molecule has 0 fully saturated rings. The minimum absolute atomic E-state index is 0.103. The van der Waals surface area contributed by atoms with Gasteiger partial charge in [-0.2, -0.15) is 5.26 Å². The number of nitrogens with zero attached hydrogens (tertiary/aromatic N) is 4. The minimum atomic E-state index is -0.518. The molecule has 0 aromatic carbocycles. The molecule has 0 spiro atoms. The Morgan fingerprint density at radius 3 is 2.61 bits per heavy atom. The molecule has 2 aromatic heterocycles. The minimum Gasteiger partial charge on any atom is -0.352 e. The Labute approximate surface area is 183 Å². The summed E-state index contributed by atoms with van der Waals surface area (Å²) in [7, 11) is 3.58. The second-order valence-corrected chi connectivity index (χ2v) is 7.68. The second-order valence-electron chi connectivity index (χ2n) is 6.65. The van der Waals surface area contributed by atoms with Crippen LogP contribution in [0.3, 0.4) is 0 Å². The SMILES string of the molecule is CCNC(=O)C(C#N)=c1sc(=CNc2cccc(NC(=O)CN(C)C)n2)c(=O)n1CC. The van der Waals surface area contributed by atoms with Crippen LogP contribution in [0.15, 0.2) is 23.0 Å². The zero-order valence-corrected chi connectivity index (χ0v) is 18.7. The highest BCUT2D eigenvalue weighted by atomic mass is 32.1. The molecular formula is C20H25N7O3S. The third-order valence-corrected chi connectivity index (χ3v) is 5.07. The number of carbonyl (C=O) groups is 2. The maximum atomic E-state index is 12.7. The maximum Gasteiger partial charge on any atom is 0.270 e. The number of pyridine rings is 1. The molecule has 0 aliphatic heterocycles. The van der Waals surface area contributed by atoms with Gasteiger partial charge in [0.15, 0.2) is 5.57 Å². The molecule has 0 aliphatic carbocycles. The summed E-state index contributed by atoms with van der Waals surface area (Å²) in [5.74, 6) is 0.0840. The molecule has 0 saturated heterocycles. The fourth-order valence-electron chi connectivity index (χ4n) is 2.63. The Kier molecular flexibility index (Phi) is 8.48. The summed E-state index contributed by atoms with van der Waals surface area (Å²) < 4.78 is 2.00. The Hall–Kier alpha value is -3.49. The molecule has 10 nitrogen and oxygen atoms in total. The van der Waals surface area contributed by atoms with E-state index in [0.717, 1.165) is 11.3 Å². The summed E-state index contributed by atoms with van der Waals surface area (Å²) in [6.07, 6.45) is 1.48. The fourth-order valence-corrected chi connectivity index (χ4v) is 3.72. The predicted octanol–water partition coefficient (Wildman–Crippen LogP) is -0.515. The van der Waals surface area contributed by atoms with Gasteiger partial charge < -0.3 is 20.9 Å². The van der Waals surface area contributed by atoms with E-state index in [4.69, 9.17) is 0 Å². The zero-order valence-electron chi connectivity index (χ0n) is 17.9. The summed E-state index contributed by atoms with van der Waals surface area (Å²) in [6, 6.07) is 6.96. The van der Waals surface area contributed by atoms with Crippen LogP contribution in [0.2, 0.25) is 0 Å². The number of hydrogen-bond donors (Lipinski definition) is 3. The van der Waals surface area contributed by atoms with Crippen LogP contribution in [0.1, 0.15) is 13.8 Å². The Morgan fingerprint density at radius 1 is 1.29 bits per heavy atom. The lowest BCUT2D eigenvalue weighted by Crippen LogP contribution is -2.34. The number of amides is 2. The van der Waals surface area contributed by atoms with Gasteiger partial charge in [0.2, 0.25) is 5.91 Å². The normalized spacial score (nSPS) is 12.3. The number of nitrogens with one attached hydrogen (secondary N) is 3. The molecule has 2 amide bonds. The number of aromatic nitrogens is 2. The lowest BCUT2D eigenvalue weighted by Gasteiger charge is -2.10. The molecule has 0 radical (unpaired) electrons. The molecule has 0 aliphatic rings.